The third-order valence-electron chi connectivity index (χ3n) is 3.03. The molecule has 0 spiro atoms. The summed E-state index contributed by atoms with van der Waals surface area (Å²) in [6, 6.07) is 0. The molecule has 0 radical (unpaired) electrons. The van der Waals surface area contributed by atoms with Crippen molar-refractivity contribution in [1.82, 2.24) is 5.32 Å². The maximum atomic E-state index is 11.1. The van der Waals surface area contributed by atoms with Gasteiger partial charge in [0.1, 0.15) is 0 Å². The Labute approximate surface area is 117 Å². The van der Waals surface area contributed by atoms with Crippen LogP contribution in [0.1, 0.15) is 52.9 Å². The van der Waals surface area contributed by atoms with Gasteiger partial charge in [-0.05, 0) is 31.7 Å². The normalized spacial score (nSPS) is 12.8. The average molecular weight is 273 g/mol. The summed E-state index contributed by atoms with van der Waals surface area (Å²) in [5.41, 5.74) is 0. The molecule has 19 heavy (non-hydrogen) atoms. The van der Waals surface area contributed by atoms with Crippen molar-refractivity contribution >= 4 is 5.97 Å². The first-order chi connectivity index (χ1) is 9.07. The van der Waals surface area contributed by atoms with E-state index in [1.54, 1.807) is 0 Å². The van der Waals surface area contributed by atoms with Crippen LogP contribution in [-0.2, 0) is 9.53 Å². The summed E-state index contributed by atoms with van der Waals surface area (Å²) in [4.78, 5) is 11.1. The van der Waals surface area contributed by atoms with Crippen LogP contribution in [0.2, 0.25) is 0 Å². The lowest BCUT2D eigenvalue weighted by Gasteiger charge is -2.14. The van der Waals surface area contributed by atoms with Gasteiger partial charge in [0, 0.05) is 19.8 Å². The van der Waals surface area contributed by atoms with E-state index < -0.39 is 5.97 Å². The molecule has 0 aromatic carbocycles. The van der Waals surface area contributed by atoms with Crippen LogP contribution in [0.25, 0.3) is 0 Å². The Morgan fingerprint density at radius 3 is 2.42 bits per heavy atom. The van der Waals surface area contributed by atoms with Crippen LogP contribution >= 0.6 is 0 Å². The molecule has 0 aliphatic rings. The van der Waals surface area contributed by atoms with E-state index in [0.717, 1.165) is 26.0 Å². The van der Waals surface area contributed by atoms with E-state index in [-0.39, 0.29) is 5.92 Å². The van der Waals surface area contributed by atoms with Gasteiger partial charge in [-0.2, -0.15) is 0 Å². The highest BCUT2D eigenvalue weighted by Crippen LogP contribution is 2.07. The van der Waals surface area contributed by atoms with Crippen molar-refractivity contribution in [3.8, 4) is 0 Å². The van der Waals surface area contributed by atoms with Crippen molar-refractivity contribution in [3.63, 3.8) is 0 Å². The SMILES string of the molecule is CCCCCOCCCC(CNCC(C)C)C(=O)O. The summed E-state index contributed by atoms with van der Waals surface area (Å²) >= 11 is 0. The van der Waals surface area contributed by atoms with Crippen LogP contribution in [0, 0.1) is 11.8 Å². The molecule has 0 aromatic heterocycles. The summed E-state index contributed by atoms with van der Waals surface area (Å²) in [5.74, 6) is -0.448. The van der Waals surface area contributed by atoms with E-state index >= 15 is 0 Å². The first-order valence-electron chi connectivity index (χ1n) is 7.59. The highest BCUT2D eigenvalue weighted by atomic mass is 16.5. The van der Waals surface area contributed by atoms with Gasteiger partial charge in [0.25, 0.3) is 0 Å². The van der Waals surface area contributed by atoms with Crippen LogP contribution in [-0.4, -0.2) is 37.4 Å². The first kappa shape index (κ1) is 18.4. The van der Waals surface area contributed by atoms with Crippen LogP contribution < -0.4 is 5.32 Å². The summed E-state index contributed by atoms with van der Waals surface area (Å²) in [7, 11) is 0. The molecule has 4 heteroatoms. The van der Waals surface area contributed by atoms with E-state index in [4.69, 9.17) is 9.84 Å². The minimum absolute atomic E-state index is 0.294. The van der Waals surface area contributed by atoms with E-state index in [1.807, 2.05) is 0 Å². The fraction of sp³-hybridized carbons (Fsp3) is 0.933. The lowest BCUT2D eigenvalue weighted by molar-refractivity contribution is -0.141. The Morgan fingerprint density at radius 1 is 1.16 bits per heavy atom. The highest BCUT2D eigenvalue weighted by molar-refractivity contribution is 5.70. The Balaban J connectivity index is 3.57. The molecule has 0 bridgehead atoms. The Kier molecular flexibility index (Phi) is 12.0. The van der Waals surface area contributed by atoms with Crippen LogP contribution in [0.5, 0.6) is 0 Å². The molecule has 1 atom stereocenters. The minimum atomic E-state index is -0.706. The van der Waals surface area contributed by atoms with E-state index in [9.17, 15) is 4.79 Å². The van der Waals surface area contributed by atoms with E-state index in [0.29, 0.717) is 25.5 Å². The van der Waals surface area contributed by atoms with Gasteiger partial charge >= 0.3 is 5.97 Å². The molecule has 0 fully saturated rings. The van der Waals surface area contributed by atoms with Crippen molar-refractivity contribution in [2.75, 3.05) is 26.3 Å². The molecular formula is C15H31NO3. The number of rotatable bonds is 13. The number of nitrogens with one attached hydrogen (secondary N) is 1. The van der Waals surface area contributed by atoms with Crippen molar-refractivity contribution in [2.24, 2.45) is 11.8 Å². The second-order valence-corrected chi connectivity index (χ2v) is 5.55. The summed E-state index contributed by atoms with van der Waals surface area (Å²) < 4.78 is 5.50. The fourth-order valence-corrected chi connectivity index (χ4v) is 1.85. The predicted octanol–water partition coefficient (Wildman–Crippen LogP) is 2.92. The maximum absolute atomic E-state index is 11.1. The number of aliphatic carboxylic acids is 1. The topological polar surface area (TPSA) is 58.6 Å². The summed E-state index contributed by atoms with van der Waals surface area (Å²) in [6.07, 6.45) is 5.03. The largest absolute Gasteiger partial charge is 0.481 e. The monoisotopic (exact) mass is 273 g/mol. The van der Waals surface area contributed by atoms with Gasteiger partial charge in [0.15, 0.2) is 0 Å². The number of unbranched alkanes of at least 4 members (excludes halogenated alkanes) is 2. The molecular weight excluding hydrogens is 242 g/mol. The minimum Gasteiger partial charge on any atom is -0.481 e. The van der Waals surface area contributed by atoms with Crippen molar-refractivity contribution in [1.29, 1.82) is 0 Å². The van der Waals surface area contributed by atoms with Gasteiger partial charge in [-0.3, -0.25) is 4.79 Å². The van der Waals surface area contributed by atoms with Crippen molar-refractivity contribution in [2.45, 2.75) is 52.9 Å². The molecule has 2 N–H and O–H groups in total. The fourth-order valence-electron chi connectivity index (χ4n) is 1.85. The number of carboxylic acid groups (broad SMARTS) is 1. The maximum Gasteiger partial charge on any atom is 0.307 e. The number of carbonyl (C=O) groups is 1. The highest BCUT2D eigenvalue weighted by Gasteiger charge is 2.16. The smallest absolute Gasteiger partial charge is 0.307 e. The van der Waals surface area contributed by atoms with Gasteiger partial charge in [0.05, 0.1) is 5.92 Å². The van der Waals surface area contributed by atoms with Gasteiger partial charge in [-0.15, -0.1) is 0 Å². The number of hydrogen-bond donors (Lipinski definition) is 2. The molecule has 0 aliphatic carbocycles. The third-order valence-corrected chi connectivity index (χ3v) is 3.03. The first-order valence-corrected chi connectivity index (χ1v) is 7.59. The Hall–Kier alpha value is -0.610. The molecule has 0 aromatic rings. The van der Waals surface area contributed by atoms with Gasteiger partial charge in [0.2, 0.25) is 0 Å². The zero-order chi connectivity index (χ0) is 14.5. The third kappa shape index (κ3) is 12.2. The zero-order valence-corrected chi connectivity index (χ0v) is 12.8. The molecule has 0 saturated heterocycles. The van der Waals surface area contributed by atoms with Crippen LogP contribution in [0.15, 0.2) is 0 Å². The van der Waals surface area contributed by atoms with E-state index in [2.05, 4.69) is 26.1 Å². The molecule has 0 amide bonds. The van der Waals surface area contributed by atoms with Gasteiger partial charge < -0.3 is 15.2 Å². The molecule has 0 rings (SSSR count). The second-order valence-electron chi connectivity index (χ2n) is 5.55. The molecule has 1 unspecified atom stereocenters. The van der Waals surface area contributed by atoms with Crippen molar-refractivity contribution < 1.29 is 14.6 Å². The average Bonchev–Trinajstić information content (AvgIpc) is 2.34. The van der Waals surface area contributed by atoms with Crippen LogP contribution in [0.3, 0.4) is 0 Å². The zero-order valence-electron chi connectivity index (χ0n) is 12.8. The Morgan fingerprint density at radius 2 is 1.84 bits per heavy atom. The molecule has 0 saturated carbocycles. The van der Waals surface area contributed by atoms with Crippen molar-refractivity contribution in [3.05, 3.63) is 0 Å². The molecule has 0 aliphatic heterocycles. The second kappa shape index (κ2) is 12.4. The lowest BCUT2D eigenvalue weighted by Crippen LogP contribution is -2.31. The molecule has 114 valence electrons. The van der Waals surface area contributed by atoms with Gasteiger partial charge in [-0.25, -0.2) is 0 Å². The Bertz CT molecular complexity index is 219. The van der Waals surface area contributed by atoms with Crippen LogP contribution in [0.4, 0.5) is 0 Å². The molecule has 0 heterocycles. The van der Waals surface area contributed by atoms with Gasteiger partial charge in [-0.1, -0.05) is 33.6 Å². The lowest BCUT2D eigenvalue weighted by atomic mass is 10.0. The number of hydrogen-bond acceptors (Lipinski definition) is 3. The number of carboxylic acids is 1. The predicted molar refractivity (Wildman–Crippen MR) is 78.4 cm³/mol. The summed E-state index contributed by atoms with van der Waals surface area (Å²) in [5, 5.41) is 12.3. The summed E-state index contributed by atoms with van der Waals surface area (Å²) in [6.45, 7) is 9.32. The molecule has 4 nitrogen and oxygen atoms in total. The standard InChI is InChI=1S/C15H31NO3/c1-4-5-6-9-19-10-7-8-14(15(17)18)12-16-11-13(2)3/h13-14,16H,4-12H2,1-3H3,(H,17,18). The quantitative estimate of drug-likeness (QED) is 0.507. The van der Waals surface area contributed by atoms with E-state index in [1.165, 1.54) is 12.8 Å². The number of ether oxygens (including phenoxy) is 1.